The molecular weight excluding hydrogens is 352 g/mol. The van der Waals surface area contributed by atoms with Crippen LogP contribution in [-0.4, -0.2) is 24.3 Å². The Kier molecular flexibility index (Phi) is 7.12. The molecule has 0 aromatic heterocycles. The van der Waals surface area contributed by atoms with Crippen LogP contribution < -0.4 is 4.74 Å². The number of phenols is 1. The molecule has 0 spiro atoms. The summed E-state index contributed by atoms with van der Waals surface area (Å²) in [6, 6.07) is 15.3. The predicted molar refractivity (Wildman–Crippen MR) is 110 cm³/mol. The van der Waals surface area contributed by atoms with E-state index in [1.165, 1.54) is 36.8 Å². The van der Waals surface area contributed by atoms with Gasteiger partial charge in [-0.2, -0.15) is 0 Å². The second-order valence-electron chi connectivity index (χ2n) is 7.06. The summed E-state index contributed by atoms with van der Waals surface area (Å²) in [4.78, 5) is 11.5. The number of hydrogen-bond donors (Lipinski definition) is 1. The fraction of sp³-hybridized carbons (Fsp3) is 0.375. The zero-order valence-corrected chi connectivity index (χ0v) is 16.4. The number of phenolic OH excluding ortho intramolecular Hbond substituents is 1. The highest BCUT2D eigenvalue weighted by atomic mass is 16.6. The Hall–Kier alpha value is -2.75. The lowest BCUT2D eigenvalue weighted by Gasteiger charge is -2.16. The molecule has 0 amide bonds. The van der Waals surface area contributed by atoms with Crippen LogP contribution in [0.3, 0.4) is 0 Å². The van der Waals surface area contributed by atoms with E-state index in [2.05, 4.69) is 0 Å². The summed E-state index contributed by atoms with van der Waals surface area (Å²) in [6.45, 7) is 2.04. The van der Waals surface area contributed by atoms with E-state index >= 15 is 0 Å². The highest BCUT2D eigenvalue weighted by Crippen LogP contribution is 2.35. The zero-order chi connectivity index (χ0) is 19.8. The van der Waals surface area contributed by atoms with Gasteiger partial charge >= 0.3 is 5.97 Å². The van der Waals surface area contributed by atoms with Crippen LogP contribution in [0.5, 0.6) is 11.5 Å². The number of rotatable bonds is 6. The van der Waals surface area contributed by atoms with Crippen LogP contribution >= 0.6 is 0 Å². The van der Waals surface area contributed by atoms with Crippen LogP contribution in [0.2, 0.25) is 0 Å². The number of benzene rings is 2. The standard InChI is InChI=1S/C24H28O4/c1-2-27-23(26)17-28-22-15-11-20(12-16-22)24(18-7-5-3-4-6-8-18)19-9-13-21(25)14-10-19/h9-16,25H,2-8,17H2,1H3. The highest BCUT2D eigenvalue weighted by Gasteiger charge is 2.15. The normalized spacial score (nSPS) is 14.2. The summed E-state index contributed by atoms with van der Waals surface area (Å²) in [5.41, 5.74) is 4.98. The third-order valence-corrected chi connectivity index (χ3v) is 5.02. The molecule has 2 aromatic carbocycles. The van der Waals surface area contributed by atoms with Gasteiger partial charge in [0.15, 0.2) is 6.61 Å². The molecule has 1 aliphatic rings. The van der Waals surface area contributed by atoms with Crippen molar-refractivity contribution in [1.82, 2.24) is 0 Å². The number of carbonyl (C=O) groups is 1. The number of esters is 1. The van der Waals surface area contributed by atoms with Gasteiger partial charge in [0.2, 0.25) is 0 Å². The molecule has 1 saturated carbocycles. The molecule has 0 saturated heterocycles. The van der Waals surface area contributed by atoms with Gasteiger partial charge < -0.3 is 14.6 Å². The van der Waals surface area contributed by atoms with Gasteiger partial charge in [0, 0.05) is 0 Å². The number of allylic oxidation sites excluding steroid dienone is 1. The number of ether oxygens (including phenoxy) is 2. The van der Waals surface area contributed by atoms with Gasteiger partial charge in [-0.3, -0.25) is 0 Å². The summed E-state index contributed by atoms with van der Waals surface area (Å²) < 4.78 is 10.4. The number of carbonyl (C=O) groups excluding carboxylic acids is 1. The molecule has 148 valence electrons. The Morgan fingerprint density at radius 3 is 2.04 bits per heavy atom. The molecule has 0 radical (unpaired) electrons. The van der Waals surface area contributed by atoms with Gasteiger partial charge in [0.25, 0.3) is 0 Å². The topological polar surface area (TPSA) is 55.8 Å². The molecule has 0 unspecified atom stereocenters. The van der Waals surface area contributed by atoms with Gasteiger partial charge in [-0.15, -0.1) is 0 Å². The lowest BCUT2D eigenvalue weighted by molar-refractivity contribution is -0.145. The smallest absolute Gasteiger partial charge is 0.344 e. The molecule has 1 aliphatic carbocycles. The summed E-state index contributed by atoms with van der Waals surface area (Å²) >= 11 is 0. The van der Waals surface area contributed by atoms with Crippen molar-refractivity contribution < 1.29 is 19.4 Å². The summed E-state index contributed by atoms with van der Waals surface area (Å²) in [5, 5.41) is 9.67. The zero-order valence-electron chi connectivity index (χ0n) is 16.4. The minimum absolute atomic E-state index is 0.0842. The van der Waals surface area contributed by atoms with Gasteiger partial charge in [-0.1, -0.05) is 42.7 Å². The molecule has 3 rings (SSSR count). The van der Waals surface area contributed by atoms with Crippen LogP contribution in [0.4, 0.5) is 0 Å². The molecule has 0 heterocycles. The SMILES string of the molecule is CCOC(=O)COc1ccc(C(=C2CCCCCC2)c2ccc(O)cc2)cc1. The van der Waals surface area contributed by atoms with Crippen molar-refractivity contribution in [1.29, 1.82) is 0 Å². The highest BCUT2D eigenvalue weighted by molar-refractivity contribution is 5.82. The Balaban J connectivity index is 1.87. The van der Waals surface area contributed by atoms with Crippen LogP contribution in [0.25, 0.3) is 5.57 Å². The van der Waals surface area contributed by atoms with Crippen LogP contribution in [0, 0.1) is 0 Å². The molecule has 4 nitrogen and oxygen atoms in total. The van der Waals surface area contributed by atoms with Crippen molar-refractivity contribution in [3.8, 4) is 11.5 Å². The van der Waals surface area contributed by atoms with E-state index in [0.717, 1.165) is 24.0 Å². The Labute approximate surface area is 166 Å². The van der Waals surface area contributed by atoms with E-state index in [4.69, 9.17) is 9.47 Å². The molecule has 0 atom stereocenters. The summed E-state index contributed by atoms with van der Waals surface area (Å²) in [6.07, 6.45) is 7.23. The average molecular weight is 380 g/mol. The monoisotopic (exact) mass is 380 g/mol. The largest absolute Gasteiger partial charge is 0.508 e. The minimum atomic E-state index is -0.364. The maximum Gasteiger partial charge on any atom is 0.344 e. The van der Waals surface area contributed by atoms with Crippen molar-refractivity contribution in [2.45, 2.75) is 45.4 Å². The molecule has 1 N–H and O–H groups in total. The molecular formula is C24H28O4. The molecule has 0 aliphatic heterocycles. The third kappa shape index (κ3) is 5.38. The second-order valence-corrected chi connectivity index (χ2v) is 7.06. The lowest BCUT2D eigenvalue weighted by atomic mass is 9.89. The van der Waals surface area contributed by atoms with Crippen molar-refractivity contribution in [2.75, 3.05) is 13.2 Å². The van der Waals surface area contributed by atoms with Crippen molar-refractivity contribution >= 4 is 11.5 Å². The fourth-order valence-corrected chi connectivity index (χ4v) is 3.67. The van der Waals surface area contributed by atoms with Crippen LogP contribution in [0.15, 0.2) is 54.1 Å². The number of aromatic hydroxyl groups is 1. The molecule has 0 bridgehead atoms. The van der Waals surface area contributed by atoms with Gasteiger partial charge in [-0.05, 0) is 73.6 Å². The fourth-order valence-electron chi connectivity index (χ4n) is 3.67. The van der Waals surface area contributed by atoms with Crippen LogP contribution in [-0.2, 0) is 9.53 Å². The minimum Gasteiger partial charge on any atom is -0.508 e. The molecule has 1 fully saturated rings. The molecule has 4 heteroatoms. The van der Waals surface area contributed by atoms with Crippen molar-refractivity contribution in [2.24, 2.45) is 0 Å². The summed E-state index contributed by atoms with van der Waals surface area (Å²) in [5.74, 6) is 0.557. The maximum atomic E-state index is 11.5. The quantitative estimate of drug-likeness (QED) is 0.532. The van der Waals surface area contributed by atoms with Gasteiger partial charge in [0.05, 0.1) is 6.61 Å². The lowest BCUT2D eigenvalue weighted by Crippen LogP contribution is -2.14. The van der Waals surface area contributed by atoms with E-state index in [-0.39, 0.29) is 18.3 Å². The van der Waals surface area contributed by atoms with Crippen LogP contribution in [0.1, 0.15) is 56.6 Å². The Morgan fingerprint density at radius 2 is 1.46 bits per heavy atom. The summed E-state index contributed by atoms with van der Waals surface area (Å²) in [7, 11) is 0. The Bertz CT molecular complexity index is 794. The Morgan fingerprint density at radius 1 is 0.893 bits per heavy atom. The van der Waals surface area contributed by atoms with E-state index in [9.17, 15) is 9.90 Å². The first-order valence-corrected chi connectivity index (χ1v) is 10.1. The molecule has 28 heavy (non-hydrogen) atoms. The van der Waals surface area contributed by atoms with Crippen molar-refractivity contribution in [3.05, 3.63) is 65.2 Å². The second kappa shape index (κ2) is 9.98. The molecule has 2 aromatic rings. The van der Waals surface area contributed by atoms with Gasteiger partial charge in [-0.25, -0.2) is 4.79 Å². The van der Waals surface area contributed by atoms with E-state index in [0.29, 0.717) is 12.4 Å². The first-order chi connectivity index (χ1) is 13.7. The maximum absolute atomic E-state index is 11.5. The first kappa shape index (κ1) is 20.0. The predicted octanol–water partition coefficient (Wildman–Crippen LogP) is 5.49. The van der Waals surface area contributed by atoms with Gasteiger partial charge in [0.1, 0.15) is 11.5 Å². The number of hydrogen-bond acceptors (Lipinski definition) is 4. The third-order valence-electron chi connectivity index (χ3n) is 5.02. The van der Waals surface area contributed by atoms with E-state index in [1.807, 2.05) is 36.4 Å². The first-order valence-electron chi connectivity index (χ1n) is 10.1. The van der Waals surface area contributed by atoms with E-state index in [1.54, 1.807) is 19.1 Å². The average Bonchev–Trinajstić information content (AvgIpc) is 2.99. The van der Waals surface area contributed by atoms with E-state index < -0.39 is 0 Å². The van der Waals surface area contributed by atoms with Crippen molar-refractivity contribution in [3.63, 3.8) is 0 Å².